The zero-order valence-electron chi connectivity index (χ0n) is 4.50. The number of halogens is 1. The van der Waals surface area contributed by atoms with Crippen molar-refractivity contribution in [3.8, 4) is 0 Å². The Morgan fingerprint density at radius 1 is 1.89 bits per heavy atom. The second kappa shape index (κ2) is 2.02. The summed E-state index contributed by atoms with van der Waals surface area (Å²) in [6.07, 6.45) is 1.07. The number of rotatable bonds is 1. The SMILES string of the molecule is O=C(O)C1(F)C=CSC1. The molecule has 0 spiro atoms. The smallest absolute Gasteiger partial charge is 0.346 e. The highest BCUT2D eigenvalue weighted by Crippen LogP contribution is 2.28. The van der Waals surface area contributed by atoms with Crippen LogP contribution in [0.3, 0.4) is 0 Å². The highest BCUT2D eigenvalue weighted by Gasteiger charge is 2.38. The van der Waals surface area contributed by atoms with Gasteiger partial charge in [-0.2, -0.15) is 0 Å². The molecule has 1 aliphatic rings. The van der Waals surface area contributed by atoms with Gasteiger partial charge < -0.3 is 5.11 Å². The van der Waals surface area contributed by atoms with E-state index in [-0.39, 0.29) is 5.75 Å². The molecule has 50 valence electrons. The van der Waals surface area contributed by atoms with Gasteiger partial charge in [-0.25, -0.2) is 9.18 Å². The van der Waals surface area contributed by atoms with Crippen LogP contribution in [0.25, 0.3) is 0 Å². The Balaban J connectivity index is 2.74. The van der Waals surface area contributed by atoms with Gasteiger partial charge in [0.05, 0.1) is 0 Å². The van der Waals surface area contributed by atoms with Gasteiger partial charge in [0, 0.05) is 5.75 Å². The summed E-state index contributed by atoms with van der Waals surface area (Å²) < 4.78 is 12.7. The molecule has 2 nitrogen and oxygen atoms in total. The predicted molar refractivity (Wildman–Crippen MR) is 33.1 cm³/mol. The van der Waals surface area contributed by atoms with Gasteiger partial charge in [0.2, 0.25) is 5.67 Å². The maximum absolute atomic E-state index is 12.7. The van der Waals surface area contributed by atoms with Gasteiger partial charge in [-0.1, -0.05) is 0 Å². The van der Waals surface area contributed by atoms with E-state index < -0.39 is 11.6 Å². The van der Waals surface area contributed by atoms with E-state index in [1.54, 1.807) is 0 Å². The van der Waals surface area contributed by atoms with Crippen LogP contribution in [0.1, 0.15) is 0 Å². The van der Waals surface area contributed by atoms with Crippen LogP contribution in [0.5, 0.6) is 0 Å². The molecule has 0 saturated carbocycles. The molecule has 0 amide bonds. The molecule has 0 radical (unpaired) electrons. The standard InChI is InChI=1S/C5H5FO2S/c6-5(4(7)8)1-2-9-3-5/h1-2H,3H2,(H,7,8). The first-order chi connectivity index (χ1) is 4.15. The minimum atomic E-state index is -2.11. The van der Waals surface area contributed by atoms with E-state index in [1.807, 2.05) is 0 Å². The summed E-state index contributed by atoms with van der Waals surface area (Å²) in [5, 5.41) is 9.70. The van der Waals surface area contributed by atoms with Crippen LogP contribution in [-0.4, -0.2) is 22.5 Å². The average molecular weight is 148 g/mol. The monoisotopic (exact) mass is 148 g/mol. The van der Waals surface area contributed by atoms with Crippen molar-refractivity contribution in [2.24, 2.45) is 0 Å². The highest BCUT2D eigenvalue weighted by molar-refractivity contribution is 8.02. The van der Waals surface area contributed by atoms with E-state index in [4.69, 9.17) is 5.11 Å². The third kappa shape index (κ3) is 1.08. The van der Waals surface area contributed by atoms with Crippen LogP contribution in [0.15, 0.2) is 11.5 Å². The van der Waals surface area contributed by atoms with Crippen molar-refractivity contribution in [1.82, 2.24) is 0 Å². The van der Waals surface area contributed by atoms with Crippen LogP contribution in [-0.2, 0) is 4.79 Å². The number of hydrogen-bond acceptors (Lipinski definition) is 2. The summed E-state index contributed by atoms with van der Waals surface area (Å²) in [6, 6.07) is 0. The molecule has 0 fully saturated rings. The molecule has 1 heterocycles. The first kappa shape index (κ1) is 6.61. The molecule has 4 heteroatoms. The summed E-state index contributed by atoms with van der Waals surface area (Å²) >= 11 is 1.17. The van der Waals surface area contributed by atoms with Crippen LogP contribution in [0, 0.1) is 0 Å². The van der Waals surface area contributed by atoms with Crippen LogP contribution in [0.4, 0.5) is 4.39 Å². The van der Waals surface area contributed by atoms with Crippen molar-refractivity contribution in [3.05, 3.63) is 11.5 Å². The third-order valence-corrected chi connectivity index (χ3v) is 1.99. The van der Waals surface area contributed by atoms with Crippen molar-refractivity contribution in [1.29, 1.82) is 0 Å². The first-order valence-corrected chi connectivity index (χ1v) is 3.42. The Labute approximate surface area is 55.7 Å². The van der Waals surface area contributed by atoms with E-state index in [9.17, 15) is 9.18 Å². The minimum Gasteiger partial charge on any atom is -0.479 e. The molecule has 9 heavy (non-hydrogen) atoms. The lowest BCUT2D eigenvalue weighted by Gasteiger charge is -2.07. The molecule has 1 rings (SSSR count). The molecule has 1 aliphatic heterocycles. The van der Waals surface area contributed by atoms with E-state index in [0.717, 1.165) is 6.08 Å². The summed E-state index contributed by atoms with van der Waals surface area (Å²) in [4.78, 5) is 10.1. The Hall–Kier alpha value is -0.510. The maximum atomic E-state index is 12.7. The van der Waals surface area contributed by atoms with Crippen molar-refractivity contribution < 1.29 is 14.3 Å². The summed E-state index contributed by atoms with van der Waals surface area (Å²) in [5.41, 5.74) is -2.11. The Kier molecular flexibility index (Phi) is 1.48. The molecule has 0 aromatic heterocycles. The zero-order chi connectivity index (χ0) is 6.91. The van der Waals surface area contributed by atoms with Crippen molar-refractivity contribution in [2.45, 2.75) is 5.67 Å². The van der Waals surface area contributed by atoms with Crippen LogP contribution < -0.4 is 0 Å². The summed E-state index contributed by atoms with van der Waals surface area (Å²) in [6.45, 7) is 0. The Bertz CT molecular complexity index is 168. The van der Waals surface area contributed by atoms with Gasteiger partial charge in [-0.05, 0) is 11.5 Å². The van der Waals surface area contributed by atoms with Gasteiger partial charge in [-0.3, -0.25) is 0 Å². The molecule has 1 atom stereocenters. The third-order valence-electron chi connectivity index (χ3n) is 1.08. The van der Waals surface area contributed by atoms with Gasteiger partial charge in [-0.15, -0.1) is 11.8 Å². The number of carbonyl (C=O) groups is 1. The normalized spacial score (nSPS) is 33.0. The first-order valence-electron chi connectivity index (χ1n) is 2.37. The highest BCUT2D eigenvalue weighted by atomic mass is 32.2. The number of carboxylic acids is 1. The fourth-order valence-electron chi connectivity index (χ4n) is 0.506. The van der Waals surface area contributed by atoms with E-state index >= 15 is 0 Å². The van der Waals surface area contributed by atoms with E-state index in [2.05, 4.69) is 0 Å². The van der Waals surface area contributed by atoms with Crippen molar-refractivity contribution in [2.75, 3.05) is 5.75 Å². The number of hydrogen-bond donors (Lipinski definition) is 1. The second-order valence-electron chi connectivity index (χ2n) is 1.78. The molecule has 1 N–H and O–H groups in total. The lowest BCUT2D eigenvalue weighted by molar-refractivity contribution is -0.146. The second-order valence-corrected chi connectivity index (χ2v) is 2.68. The fraction of sp³-hybridized carbons (Fsp3) is 0.400. The van der Waals surface area contributed by atoms with Gasteiger partial charge >= 0.3 is 5.97 Å². The van der Waals surface area contributed by atoms with Gasteiger partial charge in [0.15, 0.2) is 0 Å². The molecule has 0 aliphatic carbocycles. The molecule has 0 aromatic rings. The number of alkyl halides is 1. The topological polar surface area (TPSA) is 37.3 Å². The quantitative estimate of drug-likeness (QED) is 0.603. The summed E-state index contributed by atoms with van der Waals surface area (Å²) in [7, 11) is 0. The van der Waals surface area contributed by atoms with Crippen molar-refractivity contribution in [3.63, 3.8) is 0 Å². The lowest BCUT2D eigenvalue weighted by Crippen LogP contribution is -2.31. The van der Waals surface area contributed by atoms with Crippen molar-refractivity contribution >= 4 is 17.7 Å². The molecular weight excluding hydrogens is 143 g/mol. The molecule has 0 aromatic carbocycles. The van der Waals surface area contributed by atoms with E-state index in [1.165, 1.54) is 17.2 Å². The number of carboxylic acid groups (broad SMARTS) is 1. The summed E-state index contributed by atoms with van der Waals surface area (Å²) in [5.74, 6) is -1.40. The average Bonchev–Trinajstić information content (AvgIpc) is 2.16. The minimum absolute atomic E-state index is 0.00231. The van der Waals surface area contributed by atoms with E-state index in [0.29, 0.717) is 0 Å². The van der Waals surface area contributed by atoms with Gasteiger partial charge in [0.25, 0.3) is 0 Å². The fourth-order valence-corrected chi connectivity index (χ4v) is 1.38. The largest absolute Gasteiger partial charge is 0.479 e. The molecule has 0 saturated heterocycles. The zero-order valence-corrected chi connectivity index (χ0v) is 5.32. The molecular formula is C5H5FO2S. The Morgan fingerprint density at radius 2 is 2.56 bits per heavy atom. The molecule has 0 bridgehead atoms. The van der Waals surface area contributed by atoms with Gasteiger partial charge in [0.1, 0.15) is 0 Å². The van der Waals surface area contributed by atoms with Crippen LogP contribution >= 0.6 is 11.8 Å². The number of aliphatic carboxylic acids is 1. The Morgan fingerprint density at radius 3 is 2.78 bits per heavy atom. The van der Waals surface area contributed by atoms with Crippen LogP contribution in [0.2, 0.25) is 0 Å². The number of thioether (sulfide) groups is 1. The molecule has 1 unspecified atom stereocenters. The lowest BCUT2D eigenvalue weighted by atomic mass is 10.1. The predicted octanol–water partition coefficient (Wildman–Crippen LogP) is 1.04. The maximum Gasteiger partial charge on any atom is 0.346 e.